The number of hydrogen-bond acceptors (Lipinski definition) is 4. The number of nitrogens with zero attached hydrogens (tertiary/aromatic N) is 1. The summed E-state index contributed by atoms with van der Waals surface area (Å²) < 4.78 is 26.3. The number of aromatic nitrogens is 2. The van der Waals surface area contributed by atoms with Crippen molar-refractivity contribution in [1.82, 2.24) is 14.9 Å². The summed E-state index contributed by atoms with van der Waals surface area (Å²) >= 11 is 0. The molecular weight excluding hydrogens is 230 g/mol. The number of rotatable bonds is 5. The van der Waals surface area contributed by atoms with Crippen LogP contribution in [-0.2, 0) is 16.6 Å². The zero-order valence-corrected chi connectivity index (χ0v) is 10.4. The minimum absolute atomic E-state index is 0.0515. The van der Waals surface area contributed by atoms with E-state index in [2.05, 4.69) is 14.9 Å². The van der Waals surface area contributed by atoms with Gasteiger partial charge >= 0.3 is 0 Å². The maximum Gasteiger partial charge on any atom is 0.244 e. The summed E-state index contributed by atoms with van der Waals surface area (Å²) in [5.74, 6) is 0.222. The summed E-state index contributed by atoms with van der Waals surface area (Å²) in [4.78, 5) is 0.0515. The molecule has 1 heterocycles. The molecule has 1 aromatic rings. The first kappa shape index (κ1) is 13.1. The molecule has 0 aliphatic rings. The predicted octanol–water partition coefficient (Wildman–Crippen LogP) is 0.145. The average molecular weight is 247 g/mol. The Bertz CT molecular complexity index is 451. The first-order valence-electron chi connectivity index (χ1n) is 5.03. The van der Waals surface area contributed by atoms with Crippen LogP contribution in [0.15, 0.2) is 4.90 Å². The highest BCUT2D eigenvalue weighted by atomic mass is 32.2. The molecule has 7 heteroatoms. The standard InChI is InChI=1S/C9H17N3O3S/c1-6(2)4-10-16(14,15)9-7(3)11-12-8(9)5-13/h6,10,13H,4-5H2,1-3H3,(H,11,12). The lowest BCUT2D eigenvalue weighted by Crippen LogP contribution is -2.28. The highest BCUT2D eigenvalue weighted by Crippen LogP contribution is 2.17. The molecule has 3 N–H and O–H groups in total. The second-order valence-corrected chi connectivity index (χ2v) is 5.73. The van der Waals surface area contributed by atoms with E-state index in [4.69, 9.17) is 5.11 Å². The molecule has 0 saturated heterocycles. The second kappa shape index (κ2) is 4.94. The van der Waals surface area contributed by atoms with Gasteiger partial charge in [-0.05, 0) is 12.8 Å². The predicted molar refractivity (Wildman–Crippen MR) is 59.3 cm³/mol. The molecule has 0 radical (unpaired) electrons. The van der Waals surface area contributed by atoms with Crippen LogP contribution in [0.3, 0.4) is 0 Å². The lowest BCUT2D eigenvalue weighted by Gasteiger charge is -2.08. The van der Waals surface area contributed by atoms with Crippen LogP contribution in [0, 0.1) is 12.8 Å². The van der Waals surface area contributed by atoms with Crippen LogP contribution in [0.5, 0.6) is 0 Å². The summed E-state index contributed by atoms with van der Waals surface area (Å²) in [7, 11) is -3.59. The van der Waals surface area contributed by atoms with Crippen LogP contribution in [0.1, 0.15) is 25.2 Å². The highest BCUT2D eigenvalue weighted by molar-refractivity contribution is 7.89. The van der Waals surface area contributed by atoms with E-state index in [1.807, 2.05) is 13.8 Å². The van der Waals surface area contributed by atoms with E-state index in [9.17, 15) is 8.42 Å². The van der Waals surface area contributed by atoms with Crippen molar-refractivity contribution in [2.45, 2.75) is 32.3 Å². The van der Waals surface area contributed by atoms with Crippen molar-refractivity contribution < 1.29 is 13.5 Å². The number of H-pyrrole nitrogens is 1. The first-order chi connectivity index (χ1) is 7.38. The number of hydrogen-bond donors (Lipinski definition) is 3. The third-order valence-electron chi connectivity index (χ3n) is 2.06. The quantitative estimate of drug-likeness (QED) is 0.690. The van der Waals surface area contributed by atoms with Crippen molar-refractivity contribution in [1.29, 1.82) is 0 Å². The van der Waals surface area contributed by atoms with E-state index in [0.29, 0.717) is 12.2 Å². The lowest BCUT2D eigenvalue weighted by atomic mass is 10.2. The van der Waals surface area contributed by atoms with Crippen LogP contribution in [0.2, 0.25) is 0 Å². The molecule has 1 rings (SSSR count). The average Bonchev–Trinajstić information content (AvgIpc) is 2.57. The van der Waals surface area contributed by atoms with Crippen molar-refractivity contribution >= 4 is 10.0 Å². The summed E-state index contributed by atoms with van der Waals surface area (Å²) in [5, 5.41) is 15.3. The zero-order valence-electron chi connectivity index (χ0n) is 9.61. The fourth-order valence-electron chi connectivity index (χ4n) is 1.28. The van der Waals surface area contributed by atoms with Crippen LogP contribution < -0.4 is 4.72 Å². The summed E-state index contributed by atoms with van der Waals surface area (Å²) in [6, 6.07) is 0. The maximum atomic E-state index is 11.9. The van der Waals surface area contributed by atoms with E-state index in [-0.39, 0.29) is 16.5 Å². The Kier molecular flexibility index (Phi) is 4.06. The van der Waals surface area contributed by atoms with Crippen molar-refractivity contribution in [2.75, 3.05) is 6.54 Å². The molecule has 0 aliphatic carbocycles. The van der Waals surface area contributed by atoms with E-state index in [1.54, 1.807) is 6.92 Å². The molecule has 16 heavy (non-hydrogen) atoms. The van der Waals surface area contributed by atoms with E-state index in [0.717, 1.165) is 0 Å². The molecule has 0 atom stereocenters. The van der Waals surface area contributed by atoms with Gasteiger partial charge in [0, 0.05) is 6.54 Å². The van der Waals surface area contributed by atoms with E-state index in [1.165, 1.54) is 0 Å². The Labute approximate surface area is 95.1 Å². The van der Waals surface area contributed by atoms with E-state index >= 15 is 0 Å². The third kappa shape index (κ3) is 2.81. The smallest absolute Gasteiger partial charge is 0.244 e. The van der Waals surface area contributed by atoms with Crippen LogP contribution in [0.4, 0.5) is 0 Å². The van der Waals surface area contributed by atoms with Gasteiger partial charge in [-0.25, -0.2) is 13.1 Å². The van der Waals surface area contributed by atoms with Crippen LogP contribution in [-0.4, -0.2) is 30.3 Å². The fourth-order valence-corrected chi connectivity index (χ4v) is 2.85. The lowest BCUT2D eigenvalue weighted by molar-refractivity contribution is 0.273. The van der Waals surface area contributed by atoms with Gasteiger partial charge in [0.05, 0.1) is 12.3 Å². The first-order valence-corrected chi connectivity index (χ1v) is 6.51. The van der Waals surface area contributed by atoms with Gasteiger partial charge in [0.15, 0.2) is 0 Å². The molecule has 1 aromatic heterocycles. The number of sulfonamides is 1. The number of nitrogens with one attached hydrogen (secondary N) is 2. The van der Waals surface area contributed by atoms with E-state index < -0.39 is 16.6 Å². The monoisotopic (exact) mass is 247 g/mol. The largest absolute Gasteiger partial charge is 0.390 e. The van der Waals surface area contributed by atoms with Gasteiger partial charge in [0.1, 0.15) is 10.6 Å². The second-order valence-electron chi connectivity index (χ2n) is 4.03. The molecule has 0 bridgehead atoms. The van der Waals surface area contributed by atoms with Gasteiger partial charge in [-0.3, -0.25) is 5.10 Å². The SMILES string of the molecule is Cc1[nH]nc(CO)c1S(=O)(=O)NCC(C)C. The van der Waals surface area contributed by atoms with Gasteiger partial charge in [-0.15, -0.1) is 0 Å². The molecule has 0 fully saturated rings. The Balaban J connectivity index is 3.02. The number of aliphatic hydroxyl groups excluding tert-OH is 1. The minimum atomic E-state index is -3.59. The van der Waals surface area contributed by atoms with Crippen LogP contribution >= 0.6 is 0 Å². The molecule has 92 valence electrons. The zero-order chi connectivity index (χ0) is 12.3. The highest BCUT2D eigenvalue weighted by Gasteiger charge is 2.23. The molecule has 0 saturated carbocycles. The Hall–Kier alpha value is -0.920. The molecule has 0 aromatic carbocycles. The normalized spacial score (nSPS) is 12.3. The molecule has 0 spiro atoms. The van der Waals surface area contributed by atoms with Gasteiger partial charge in [-0.2, -0.15) is 5.10 Å². The number of aryl methyl sites for hydroxylation is 1. The Morgan fingerprint density at radius 2 is 2.12 bits per heavy atom. The van der Waals surface area contributed by atoms with Crippen molar-refractivity contribution in [3.63, 3.8) is 0 Å². The fraction of sp³-hybridized carbons (Fsp3) is 0.667. The van der Waals surface area contributed by atoms with Crippen molar-refractivity contribution in [2.24, 2.45) is 5.92 Å². The van der Waals surface area contributed by atoms with Crippen LogP contribution in [0.25, 0.3) is 0 Å². The van der Waals surface area contributed by atoms with Gasteiger partial charge in [-0.1, -0.05) is 13.8 Å². The number of aliphatic hydroxyl groups is 1. The van der Waals surface area contributed by atoms with Crippen molar-refractivity contribution in [3.8, 4) is 0 Å². The molecular formula is C9H17N3O3S. The minimum Gasteiger partial charge on any atom is -0.390 e. The van der Waals surface area contributed by atoms with Crippen molar-refractivity contribution in [3.05, 3.63) is 11.4 Å². The summed E-state index contributed by atoms with van der Waals surface area (Å²) in [5.41, 5.74) is 0.578. The Morgan fingerprint density at radius 3 is 2.62 bits per heavy atom. The maximum absolute atomic E-state index is 11.9. The topological polar surface area (TPSA) is 95.1 Å². The molecule has 0 amide bonds. The number of aromatic amines is 1. The van der Waals surface area contributed by atoms with Gasteiger partial charge in [0.25, 0.3) is 0 Å². The molecule has 0 aliphatic heterocycles. The summed E-state index contributed by atoms with van der Waals surface area (Å²) in [6.07, 6.45) is 0. The molecule has 6 nitrogen and oxygen atoms in total. The van der Waals surface area contributed by atoms with Gasteiger partial charge < -0.3 is 5.11 Å². The molecule has 0 unspecified atom stereocenters. The Morgan fingerprint density at radius 1 is 1.50 bits per heavy atom. The summed E-state index contributed by atoms with van der Waals surface area (Å²) in [6.45, 7) is 5.39. The third-order valence-corrected chi connectivity index (χ3v) is 3.69. The van der Waals surface area contributed by atoms with Gasteiger partial charge in [0.2, 0.25) is 10.0 Å².